The third-order valence-electron chi connectivity index (χ3n) is 3.58. The summed E-state index contributed by atoms with van der Waals surface area (Å²) in [5.74, 6) is 1.56. The van der Waals surface area contributed by atoms with Gasteiger partial charge in [-0.1, -0.05) is 24.3 Å². The van der Waals surface area contributed by atoms with Gasteiger partial charge in [0.05, 0.1) is 28.4 Å². The average Bonchev–Trinajstić information content (AvgIpc) is 2.64. The predicted molar refractivity (Wildman–Crippen MR) is 101 cm³/mol. The summed E-state index contributed by atoms with van der Waals surface area (Å²) in [5, 5.41) is 0. The summed E-state index contributed by atoms with van der Waals surface area (Å²) in [5.41, 5.74) is 1.14. The van der Waals surface area contributed by atoms with Crippen molar-refractivity contribution in [1.29, 1.82) is 0 Å². The topological polar surface area (TPSA) is 104 Å². The van der Waals surface area contributed by atoms with Gasteiger partial charge in [0, 0.05) is 5.56 Å². The van der Waals surface area contributed by atoms with E-state index in [1.54, 1.807) is 42.5 Å². The standard InChI is InChI=1S/C18H21O8P/c1-22-14-7-5-6-13(17(14)26-27(19,20)21)9-8-12-10-15(23-2)18(25-4)16(11-12)24-3/h5-11H,1-4H3,(H2,19,20,21)/b9-8-. The summed E-state index contributed by atoms with van der Waals surface area (Å²) in [6.07, 6.45) is 3.35. The largest absolute Gasteiger partial charge is 0.524 e. The third kappa shape index (κ3) is 5.17. The zero-order valence-corrected chi connectivity index (χ0v) is 16.2. The lowest BCUT2D eigenvalue weighted by Gasteiger charge is -2.14. The van der Waals surface area contributed by atoms with E-state index in [0.29, 0.717) is 22.8 Å². The predicted octanol–water partition coefficient (Wildman–Crippen LogP) is 3.36. The fourth-order valence-electron chi connectivity index (χ4n) is 2.42. The van der Waals surface area contributed by atoms with E-state index in [9.17, 15) is 4.57 Å². The van der Waals surface area contributed by atoms with Crippen LogP contribution in [0.2, 0.25) is 0 Å². The van der Waals surface area contributed by atoms with Gasteiger partial charge in [0.25, 0.3) is 0 Å². The lowest BCUT2D eigenvalue weighted by molar-refractivity contribution is 0.276. The number of hydrogen-bond donors (Lipinski definition) is 2. The fraction of sp³-hybridized carbons (Fsp3) is 0.222. The normalized spacial score (nSPS) is 11.3. The van der Waals surface area contributed by atoms with Gasteiger partial charge in [-0.25, -0.2) is 4.57 Å². The highest BCUT2D eigenvalue weighted by molar-refractivity contribution is 7.46. The van der Waals surface area contributed by atoms with Crippen LogP contribution in [0.3, 0.4) is 0 Å². The van der Waals surface area contributed by atoms with Gasteiger partial charge in [0.1, 0.15) is 0 Å². The third-order valence-corrected chi connectivity index (χ3v) is 4.00. The highest BCUT2D eigenvalue weighted by Gasteiger charge is 2.21. The first-order valence-electron chi connectivity index (χ1n) is 7.73. The Morgan fingerprint density at radius 1 is 0.815 bits per heavy atom. The van der Waals surface area contributed by atoms with Gasteiger partial charge in [-0.05, 0) is 23.8 Å². The maximum absolute atomic E-state index is 11.3. The number of rotatable bonds is 8. The van der Waals surface area contributed by atoms with E-state index >= 15 is 0 Å². The van der Waals surface area contributed by atoms with E-state index in [0.717, 1.165) is 5.56 Å². The lowest BCUT2D eigenvalue weighted by atomic mass is 10.1. The highest BCUT2D eigenvalue weighted by Crippen LogP contribution is 2.44. The first-order valence-corrected chi connectivity index (χ1v) is 9.26. The quantitative estimate of drug-likeness (QED) is 0.517. The Bertz CT molecular complexity index is 847. The molecule has 0 unspecified atom stereocenters. The first-order chi connectivity index (χ1) is 12.8. The molecule has 27 heavy (non-hydrogen) atoms. The molecule has 0 aliphatic rings. The van der Waals surface area contributed by atoms with Crippen LogP contribution in [-0.2, 0) is 4.57 Å². The Balaban J connectivity index is 2.48. The summed E-state index contributed by atoms with van der Waals surface area (Å²) in [6.45, 7) is 0. The summed E-state index contributed by atoms with van der Waals surface area (Å²) in [4.78, 5) is 18.3. The average molecular weight is 396 g/mol. The molecule has 0 saturated carbocycles. The Hall–Kier alpha value is -2.67. The molecule has 2 aromatic rings. The molecule has 0 saturated heterocycles. The van der Waals surface area contributed by atoms with Crippen molar-refractivity contribution < 1.29 is 37.8 Å². The van der Waals surface area contributed by atoms with Crippen LogP contribution in [0.15, 0.2) is 30.3 Å². The number of hydrogen-bond acceptors (Lipinski definition) is 6. The molecular formula is C18H21O8P. The number of methoxy groups -OCH3 is 4. The zero-order valence-electron chi connectivity index (χ0n) is 15.3. The highest BCUT2D eigenvalue weighted by atomic mass is 31.2. The van der Waals surface area contributed by atoms with Crippen LogP contribution < -0.4 is 23.5 Å². The van der Waals surface area contributed by atoms with Crippen LogP contribution in [0.25, 0.3) is 12.2 Å². The molecule has 0 aromatic heterocycles. The van der Waals surface area contributed by atoms with Gasteiger partial charge in [-0.15, -0.1) is 0 Å². The minimum absolute atomic E-state index is 0.0583. The Labute approximate surface area is 157 Å². The number of benzene rings is 2. The van der Waals surface area contributed by atoms with Crippen LogP contribution in [0.4, 0.5) is 0 Å². The summed E-state index contributed by atoms with van der Waals surface area (Å²) < 4.78 is 37.1. The van der Waals surface area contributed by atoms with E-state index < -0.39 is 7.82 Å². The summed E-state index contributed by atoms with van der Waals surface area (Å²) >= 11 is 0. The van der Waals surface area contributed by atoms with E-state index in [4.69, 9.17) is 33.3 Å². The molecule has 0 heterocycles. The van der Waals surface area contributed by atoms with Crippen molar-refractivity contribution in [3.63, 3.8) is 0 Å². The molecule has 0 aliphatic heterocycles. The first kappa shape index (κ1) is 20.6. The number of phosphoric acid groups is 1. The van der Waals surface area contributed by atoms with Crippen molar-refractivity contribution in [2.45, 2.75) is 0 Å². The van der Waals surface area contributed by atoms with Crippen molar-refractivity contribution in [3.05, 3.63) is 41.5 Å². The summed E-state index contributed by atoms with van der Waals surface area (Å²) in [6, 6.07) is 8.34. The number of para-hydroxylation sites is 1. The molecule has 8 nitrogen and oxygen atoms in total. The van der Waals surface area contributed by atoms with Gasteiger partial charge in [0.15, 0.2) is 23.0 Å². The molecule has 2 aromatic carbocycles. The Morgan fingerprint density at radius 2 is 1.41 bits per heavy atom. The van der Waals surface area contributed by atoms with Gasteiger partial charge >= 0.3 is 7.82 Å². The summed E-state index contributed by atoms with van der Waals surface area (Å²) in [7, 11) is 1.16. The SMILES string of the molecule is COc1cccc(/C=C\c2cc(OC)c(OC)c(OC)c2)c1OP(=O)(O)O. The number of ether oxygens (including phenoxy) is 4. The molecule has 0 atom stereocenters. The molecule has 0 radical (unpaired) electrons. The Morgan fingerprint density at radius 3 is 1.89 bits per heavy atom. The Kier molecular flexibility index (Phi) is 6.74. The molecular weight excluding hydrogens is 375 g/mol. The molecule has 2 N–H and O–H groups in total. The number of phosphoric ester groups is 1. The molecule has 0 bridgehead atoms. The van der Waals surface area contributed by atoms with Gasteiger partial charge in [-0.3, -0.25) is 9.79 Å². The van der Waals surface area contributed by atoms with Crippen molar-refractivity contribution >= 4 is 20.0 Å². The molecule has 146 valence electrons. The zero-order chi connectivity index (χ0) is 20.0. The molecule has 0 fully saturated rings. The van der Waals surface area contributed by atoms with Gasteiger partial charge in [0.2, 0.25) is 5.75 Å². The second-order valence-corrected chi connectivity index (χ2v) is 6.42. The van der Waals surface area contributed by atoms with Crippen LogP contribution in [0, 0.1) is 0 Å². The minimum atomic E-state index is -4.76. The molecule has 9 heteroatoms. The lowest BCUT2D eigenvalue weighted by Crippen LogP contribution is -1.96. The van der Waals surface area contributed by atoms with Crippen molar-refractivity contribution in [3.8, 4) is 28.7 Å². The van der Waals surface area contributed by atoms with E-state index in [1.165, 1.54) is 28.4 Å². The van der Waals surface area contributed by atoms with E-state index in [1.807, 2.05) is 0 Å². The maximum Gasteiger partial charge on any atom is 0.524 e. The fourth-order valence-corrected chi connectivity index (χ4v) is 2.86. The monoisotopic (exact) mass is 396 g/mol. The van der Waals surface area contributed by atoms with Gasteiger partial charge in [-0.2, -0.15) is 0 Å². The van der Waals surface area contributed by atoms with Crippen molar-refractivity contribution in [2.24, 2.45) is 0 Å². The molecule has 0 amide bonds. The second-order valence-electron chi connectivity index (χ2n) is 5.25. The van der Waals surface area contributed by atoms with Crippen molar-refractivity contribution in [2.75, 3.05) is 28.4 Å². The van der Waals surface area contributed by atoms with E-state index in [-0.39, 0.29) is 11.5 Å². The van der Waals surface area contributed by atoms with Crippen LogP contribution >= 0.6 is 7.82 Å². The maximum atomic E-state index is 11.3. The second kappa shape index (κ2) is 8.81. The molecule has 2 rings (SSSR count). The molecule has 0 spiro atoms. The van der Waals surface area contributed by atoms with E-state index in [2.05, 4.69) is 0 Å². The molecule has 0 aliphatic carbocycles. The van der Waals surface area contributed by atoms with Gasteiger partial charge < -0.3 is 23.5 Å². The van der Waals surface area contributed by atoms with Crippen LogP contribution in [0.5, 0.6) is 28.7 Å². The van der Waals surface area contributed by atoms with Crippen LogP contribution in [0.1, 0.15) is 11.1 Å². The van der Waals surface area contributed by atoms with Crippen molar-refractivity contribution in [1.82, 2.24) is 0 Å². The smallest absolute Gasteiger partial charge is 0.493 e. The minimum Gasteiger partial charge on any atom is -0.493 e. The van der Waals surface area contributed by atoms with Crippen LogP contribution in [-0.4, -0.2) is 38.2 Å².